The summed E-state index contributed by atoms with van der Waals surface area (Å²) in [5, 5.41) is 5.70. The zero-order chi connectivity index (χ0) is 19.0. The number of thiophene rings is 1. The van der Waals surface area contributed by atoms with E-state index >= 15 is 0 Å². The molecule has 6 nitrogen and oxygen atoms in total. The van der Waals surface area contributed by atoms with Crippen LogP contribution in [-0.2, 0) is 12.3 Å². The number of hydrogen-bond acceptors (Lipinski definition) is 7. The Labute approximate surface area is 164 Å². The van der Waals surface area contributed by atoms with Gasteiger partial charge in [-0.15, -0.1) is 11.3 Å². The molecule has 4 aromatic heterocycles. The summed E-state index contributed by atoms with van der Waals surface area (Å²) < 4.78 is 7.75. The largest absolute Gasteiger partial charge is 0.361 e. The number of aryl methyl sites for hydroxylation is 2. The number of hydrogen-bond donors (Lipinski definition) is 0. The lowest BCUT2D eigenvalue weighted by Gasteiger charge is -2.11. The Morgan fingerprint density at radius 2 is 2.19 bits per heavy atom. The van der Waals surface area contributed by atoms with Gasteiger partial charge in [-0.3, -0.25) is 9.36 Å². The molecule has 0 bridgehead atoms. The lowest BCUT2D eigenvalue weighted by molar-refractivity contribution is 0.392. The first kappa shape index (κ1) is 18.2. The van der Waals surface area contributed by atoms with Crippen LogP contribution in [0, 0.1) is 13.8 Å². The van der Waals surface area contributed by atoms with E-state index in [0.717, 1.165) is 50.7 Å². The maximum absolute atomic E-state index is 13.2. The van der Waals surface area contributed by atoms with E-state index in [1.807, 2.05) is 30.5 Å². The van der Waals surface area contributed by atoms with Crippen LogP contribution in [0.3, 0.4) is 0 Å². The molecular formula is C19H20N4O2S2. The van der Waals surface area contributed by atoms with Crippen molar-refractivity contribution in [2.24, 2.45) is 0 Å². The quantitative estimate of drug-likeness (QED) is 0.345. The second-order valence-corrected chi connectivity index (χ2v) is 8.37. The van der Waals surface area contributed by atoms with Gasteiger partial charge in [0, 0.05) is 29.4 Å². The van der Waals surface area contributed by atoms with Gasteiger partial charge in [0.15, 0.2) is 5.16 Å². The molecule has 0 aliphatic rings. The molecule has 0 aromatic carbocycles. The Hall–Kier alpha value is -2.19. The van der Waals surface area contributed by atoms with Crippen LogP contribution in [0.5, 0.6) is 0 Å². The molecule has 8 heteroatoms. The predicted octanol–water partition coefficient (Wildman–Crippen LogP) is 4.70. The summed E-state index contributed by atoms with van der Waals surface area (Å²) in [5.41, 5.74) is 2.72. The summed E-state index contributed by atoms with van der Waals surface area (Å²) in [6, 6.07) is 3.86. The smallest absolute Gasteiger partial charge is 0.272 e. The van der Waals surface area contributed by atoms with Crippen molar-refractivity contribution in [1.29, 1.82) is 0 Å². The number of thioether (sulfide) groups is 1. The Balaban J connectivity index is 1.83. The predicted molar refractivity (Wildman–Crippen MR) is 110 cm³/mol. The number of aromatic nitrogens is 4. The average Bonchev–Trinajstić information content (AvgIpc) is 3.20. The van der Waals surface area contributed by atoms with Crippen LogP contribution in [-0.4, -0.2) is 19.7 Å². The first-order valence-corrected chi connectivity index (χ1v) is 10.7. The van der Waals surface area contributed by atoms with E-state index in [1.54, 1.807) is 18.0 Å². The summed E-state index contributed by atoms with van der Waals surface area (Å²) in [6.45, 7) is 6.64. The zero-order valence-corrected chi connectivity index (χ0v) is 17.1. The summed E-state index contributed by atoms with van der Waals surface area (Å²) in [7, 11) is 0. The summed E-state index contributed by atoms with van der Waals surface area (Å²) in [6.07, 6.45) is 3.71. The highest BCUT2D eigenvalue weighted by Gasteiger charge is 2.18. The van der Waals surface area contributed by atoms with Crippen LogP contribution in [0.2, 0.25) is 0 Å². The highest BCUT2D eigenvalue weighted by molar-refractivity contribution is 7.98. The van der Waals surface area contributed by atoms with Crippen molar-refractivity contribution < 1.29 is 4.52 Å². The first-order chi connectivity index (χ1) is 13.1. The van der Waals surface area contributed by atoms with Gasteiger partial charge in [0.1, 0.15) is 15.3 Å². The molecule has 0 aliphatic heterocycles. The van der Waals surface area contributed by atoms with Gasteiger partial charge < -0.3 is 4.52 Å². The van der Waals surface area contributed by atoms with E-state index in [-0.39, 0.29) is 5.56 Å². The van der Waals surface area contributed by atoms with Gasteiger partial charge in [-0.1, -0.05) is 30.3 Å². The molecule has 0 spiro atoms. The number of nitrogens with zero attached hydrogens (tertiary/aromatic N) is 4. The van der Waals surface area contributed by atoms with Crippen LogP contribution in [0.25, 0.3) is 20.4 Å². The van der Waals surface area contributed by atoms with Crippen LogP contribution < -0.4 is 5.56 Å². The van der Waals surface area contributed by atoms with Crippen molar-refractivity contribution in [3.63, 3.8) is 0 Å². The van der Waals surface area contributed by atoms with E-state index in [9.17, 15) is 4.79 Å². The maximum Gasteiger partial charge on any atom is 0.272 e. The fraction of sp³-hybridized carbons (Fsp3) is 0.368. The third-order valence-electron chi connectivity index (χ3n) is 4.58. The molecule has 0 N–H and O–H groups in total. The van der Waals surface area contributed by atoms with Crippen molar-refractivity contribution in [3.8, 4) is 0 Å². The number of rotatable bonds is 6. The van der Waals surface area contributed by atoms with E-state index < -0.39 is 0 Å². The molecule has 4 rings (SSSR count). The van der Waals surface area contributed by atoms with Crippen LogP contribution in [0.1, 0.15) is 36.8 Å². The summed E-state index contributed by atoms with van der Waals surface area (Å²) >= 11 is 2.98. The molecule has 0 fully saturated rings. The van der Waals surface area contributed by atoms with Gasteiger partial charge in [0.2, 0.25) is 0 Å². The topological polar surface area (TPSA) is 73.8 Å². The average molecular weight is 401 g/mol. The van der Waals surface area contributed by atoms with Crippen molar-refractivity contribution >= 4 is 43.5 Å². The minimum Gasteiger partial charge on any atom is -0.361 e. The van der Waals surface area contributed by atoms with Gasteiger partial charge in [0.05, 0.1) is 11.2 Å². The van der Waals surface area contributed by atoms with Crippen LogP contribution >= 0.6 is 23.1 Å². The maximum atomic E-state index is 13.2. The molecule has 0 amide bonds. The SMILES string of the molecule is CCCCn1c(SCc2c(C)noc2C)nc2c(sc3ncccc32)c1=O. The second kappa shape index (κ2) is 7.44. The molecule has 0 atom stereocenters. The Morgan fingerprint density at radius 3 is 2.93 bits per heavy atom. The summed E-state index contributed by atoms with van der Waals surface area (Å²) in [5.74, 6) is 1.49. The molecule has 0 aliphatic carbocycles. The van der Waals surface area contributed by atoms with Crippen molar-refractivity contribution in [2.75, 3.05) is 0 Å². The van der Waals surface area contributed by atoms with Gasteiger partial charge in [-0.2, -0.15) is 0 Å². The lowest BCUT2D eigenvalue weighted by Crippen LogP contribution is -2.22. The van der Waals surface area contributed by atoms with Crippen LogP contribution in [0.15, 0.2) is 32.8 Å². The number of unbranched alkanes of at least 4 members (excludes halogenated alkanes) is 1. The number of pyridine rings is 1. The van der Waals surface area contributed by atoms with Crippen LogP contribution in [0.4, 0.5) is 0 Å². The van der Waals surface area contributed by atoms with Gasteiger partial charge in [-0.05, 0) is 32.4 Å². The molecule has 4 heterocycles. The molecule has 4 aromatic rings. The van der Waals surface area contributed by atoms with E-state index in [0.29, 0.717) is 17.0 Å². The molecular weight excluding hydrogens is 380 g/mol. The zero-order valence-electron chi connectivity index (χ0n) is 15.5. The molecule has 140 valence electrons. The third-order valence-corrected chi connectivity index (χ3v) is 6.67. The highest BCUT2D eigenvalue weighted by Crippen LogP contribution is 2.32. The van der Waals surface area contributed by atoms with Crippen molar-refractivity contribution in [3.05, 3.63) is 45.7 Å². The minimum absolute atomic E-state index is 0.0257. The lowest BCUT2D eigenvalue weighted by atomic mass is 10.2. The fourth-order valence-electron chi connectivity index (χ4n) is 3.01. The van der Waals surface area contributed by atoms with E-state index in [2.05, 4.69) is 17.1 Å². The highest BCUT2D eigenvalue weighted by atomic mass is 32.2. The Kier molecular flexibility index (Phi) is 5.01. The molecule has 0 unspecified atom stereocenters. The first-order valence-electron chi connectivity index (χ1n) is 8.92. The molecule has 0 saturated carbocycles. The third kappa shape index (κ3) is 3.27. The van der Waals surface area contributed by atoms with Gasteiger partial charge in [-0.25, -0.2) is 9.97 Å². The standard InChI is InChI=1S/C19H20N4O2S2/c1-4-5-9-23-18(24)16-15(13-7-6-8-20-17(13)27-16)21-19(23)26-10-14-11(2)22-25-12(14)3/h6-8H,4-5,9-10H2,1-3H3. The minimum atomic E-state index is 0.0257. The molecule has 27 heavy (non-hydrogen) atoms. The van der Waals surface area contributed by atoms with E-state index in [1.165, 1.54) is 11.3 Å². The van der Waals surface area contributed by atoms with Gasteiger partial charge in [0.25, 0.3) is 5.56 Å². The number of fused-ring (bicyclic) bond motifs is 3. The second-order valence-electron chi connectivity index (χ2n) is 6.43. The van der Waals surface area contributed by atoms with Crippen molar-refractivity contribution in [2.45, 2.75) is 51.1 Å². The van der Waals surface area contributed by atoms with E-state index in [4.69, 9.17) is 9.51 Å². The van der Waals surface area contributed by atoms with Gasteiger partial charge >= 0.3 is 0 Å². The monoisotopic (exact) mass is 400 g/mol. The van der Waals surface area contributed by atoms with Crippen molar-refractivity contribution in [1.82, 2.24) is 19.7 Å². The molecule has 0 saturated heterocycles. The Morgan fingerprint density at radius 1 is 1.33 bits per heavy atom. The fourth-order valence-corrected chi connectivity index (χ4v) is 5.21. The normalized spacial score (nSPS) is 11.7. The Bertz CT molecular complexity index is 1160. The summed E-state index contributed by atoms with van der Waals surface area (Å²) in [4.78, 5) is 23.3. The molecule has 0 radical (unpaired) electrons.